The van der Waals surface area contributed by atoms with Crippen molar-refractivity contribution in [3.8, 4) is 0 Å². The van der Waals surface area contributed by atoms with Crippen LogP contribution < -0.4 is 5.73 Å². The first-order chi connectivity index (χ1) is 13.6. The van der Waals surface area contributed by atoms with Gasteiger partial charge in [-0.05, 0) is 56.3 Å². The summed E-state index contributed by atoms with van der Waals surface area (Å²) in [6.07, 6.45) is 4.96. The van der Waals surface area contributed by atoms with E-state index in [-0.39, 0.29) is 11.3 Å². The molecule has 0 aliphatic carbocycles. The van der Waals surface area contributed by atoms with Crippen molar-refractivity contribution in [3.63, 3.8) is 0 Å². The molecule has 2 aliphatic heterocycles. The number of amides is 1. The van der Waals surface area contributed by atoms with Crippen molar-refractivity contribution in [2.24, 2.45) is 5.41 Å². The van der Waals surface area contributed by atoms with Crippen LogP contribution in [0.3, 0.4) is 0 Å². The standard InChI is InChI=1S/C23H30N4O/c1-2-27-17-23(15-20(22(27)28)18-7-4-3-5-8-18)10-13-26(14-11-23)16-19-9-6-12-25-21(19)24/h3-9,12,20H,2,10-11,13-17H2,1H3,(H2,24,25)/t20-/m1/s1. The zero-order valence-electron chi connectivity index (χ0n) is 16.7. The number of carbonyl (C=O) groups is 1. The fourth-order valence-electron chi connectivity index (χ4n) is 4.87. The first-order valence-corrected chi connectivity index (χ1v) is 10.4. The Hall–Kier alpha value is -2.40. The molecule has 2 fully saturated rings. The molecule has 1 atom stereocenters. The number of nitrogen functional groups attached to an aromatic ring is 1. The van der Waals surface area contributed by atoms with E-state index in [1.54, 1.807) is 6.20 Å². The van der Waals surface area contributed by atoms with Crippen molar-refractivity contribution in [2.45, 2.75) is 38.6 Å². The van der Waals surface area contributed by atoms with Crippen LogP contribution in [-0.4, -0.2) is 46.9 Å². The Kier molecular flexibility index (Phi) is 5.36. The lowest BCUT2D eigenvalue weighted by Crippen LogP contribution is -2.53. The zero-order chi connectivity index (χ0) is 19.6. The quantitative estimate of drug-likeness (QED) is 0.887. The Morgan fingerprint density at radius 3 is 2.57 bits per heavy atom. The third kappa shape index (κ3) is 3.76. The Labute approximate surface area is 167 Å². The molecule has 0 radical (unpaired) electrons. The van der Waals surface area contributed by atoms with Gasteiger partial charge in [-0.15, -0.1) is 0 Å². The molecular weight excluding hydrogens is 348 g/mol. The number of hydrogen-bond acceptors (Lipinski definition) is 4. The summed E-state index contributed by atoms with van der Waals surface area (Å²) in [7, 11) is 0. The number of piperidine rings is 2. The SMILES string of the molecule is CCN1CC2(CCN(Cc3cccnc3N)CC2)C[C@H](c2ccccc2)C1=O. The molecule has 2 aromatic rings. The molecule has 28 heavy (non-hydrogen) atoms. The second-order valence-electron chi connectivity index (χ2n) is 8.34. The van der Waals surface area contributed by atoms with E-state index in [4.69, 9.17) is 5.73 Å². The maximum Gasteiger partial charge on any atom is 0.230 e. The number of anilines is 1. The monoisotopic (exact) mass is 378 g/mol. The number of likely N-dealkylation sites (N-methyl/N-ethyl adjacent to an activating group) is 1. The van der Waals surface area contributed by atoms with Gasteiger partial charge in [0.25, 0.3) is 0 Å². The summed E-state index contributed by atoms with van der Waals surface area (Å²) in [5, 5.41) is 0. The Morgan fingerprint density at radius 1 is 1.14 bits per heavy atom. The number of benzene rings is 1. The van der Waals surface area contributed by atoms with Crippen LogP contribution in [0.2, 0.25) is 0 Å². The van der Waals surface area contributed by atoms with Crippen LogP contribution in [0.25, 0.3) is 0 Å². The summed E-state index contributed by atoms with van der Waals surface area (Å²) in [5.41, 5.74) is 8.52. The average Bonchev–Trinajstić information content (AvgIpc) is 2.74. The lowest BCUT2D eigenvalue weighted by molar-refractivity contribution is -0.141. The van der Waals surface area contributed by atoms with Crippen molar-refractivity contribution in [1.29, 1.82) is 0 Å². The fraction of sp³-hybridized carbons (Fsp3) is 0.478. The number of hydrogen-bond donors (Lipinski definition) is 1. The van der Waals surface area contributed by atoms with Crippen LogP contribution in [0.15, 0.2) is 48.7 Å². The van der Waals surface area contributed by atoms with Gasteiger partial charge in [-0.25, -0.2) is 4.98 Å². The Bertz CT molecular complexity index is 814. The van der Waals surface area contributed by atoms with Gasteiger partial charge in [0.2, 0.25) is 5.91 Å². The van der Waals surface area contributed by atoms with Crippen LogP contribution in [0, 0.1) is 5.41 Å². The molecule has 0 saturated carbocycles. The van der Waals surface area contributed by atoms with E-state index in [0.29, 0.717) is 11.7 Å². The fourth-order valence-corrected chi connectivity index (χ4v) is 4.87. The van der Waals surface area contributed by atoms with Crippen molar-refractivity contribution < 1.29 is 4.79 Å². The molecule has 2 aliphatic rings. The van der Waals surface area contributed by atoms with Gasteiger partial charge in [-0.2, -0.15) is 0 Å². The number of nitrogens with two attached hydrogens (primary N) is 1. The third-order valence-corrected chi connectivity index (χ3v) is 6.59. The van der Waals surface area contributed by atoms with Crippen LogP contribution in [0.5, 0.6) is 0 Å². The maximum absolute atomic E-state index is 13.0. The number of pyridine rings is 1. The summed E-state index contributed by atoms with van der Waals surface area (Å²) < 4.78 is 0. The molecule has 0 bridgehead atoms. The largest absolute Gasteiger partial charge is 0.383 e. The van der Waals surface area contributed by atoms with E-state index in [2.05, 4.69) is 39.9 Å². The molecule has 5 nitrogen and oxygen atoms in total. The molecule has 1 aromatic carbocycles. The van der Waals surface area contributed by atoms with Crippen LogP contribution >= 0.6 is 0 Å². The van der Waals surface area contributed by atoms with Gasteiger partial charge in [0.1, 0.15) is 5.82 Å². The zero-order valence-corrected chi connectivity index (χ0v) is 16.7. The first-order valence-electron chi connectivity index (χ1n) is 10.4. The van der Waals surface area contributed by atoms with Gasteiger partial charge in [0, 0.05) is 31.4 Å². The topological polar surface area (TPSA) is 62.5 Å². The third-order valence-electron chi connectivity index (χ3n) is 6.59. The lowest BCUT2D eigenvalue weighted by Gasteiger charge is -2.50. The second-order valence-corrected chi connectivity index (χ2v) is 8.34. The number of nitrogens with zero attached hydrogens (tertiary/aromatic N) is 3. The van der Waals surface area contributed by atoms with Gasteiger partial charge in [-0.1, -0.05) is 36.4 Å². The van der Waals surface area contributed by atoms with E-state index in [1.807, 2.05) is 24.3 Å². The van der Waals surface area contributed by atoms with Crippen molar-refractivity contribution >= 4 is 11.7 Å². The summed E-state index contributed by atoms with van der Waals surface area (Å²) in [4.78, 5) is 21.8. The summed E-state index contributed by atoms with van der Waals surface area (Å²) >= 11 is 0. The van der Waals surface area contributed by atoms with Crippen molar-refractivity contribution in [2.75, 3.05) is 31.9 Å². The van der Waals surface area contributed by atoms with E-state index in [9.17, 15) is 4.79 Å². The number of rotatable bonds is 4. The van der Waals surface area contributed by atoms with E-state index in [1.165, 1.54) is 0 Å². The molecule has 2 N–H and O–H groups in total. The number of aromatic nitrogens is 1. The lowest BCUT2D eigenvalue weighted by atomic mass is 9.67. The number of likely N-dealkylation sites (tertiary alicyclic amines) is 2. The van der Waals surface area contributed by atoms with Gasteiger partial charge in [0.05, 0.1) is 5.92 Å². The predicted molar refractivity (Wildman–Crippen MR) is 112 cm³/mol. The van der Waals surface area contributed by atoms with Gasteiger partial charge < -0.3 is 10.6 Å². The van der Waals surface area contributed by atoms with E-state index in [0.717, 1.165) is 63.1 Å². The molecule has 1 amide bonds. The van der Waals surface area contributed by atoms with Crippen LogP contribution in [0.4, 0.5) is 5.82 Å². The minimum absolute atomic E-state index is 0.00424. The Balaban J connectivity index is 1.47. The van der Waals surface area contributed by atoms with E-state index >= 15 is 0 Å². The van der Waals surface area contributed by atoms with Crippen molar-refractivity contribution in [1.82, 2.24) is 14.8 Å². The van der Waals surface area contributed by atoms with Crippen LogP contribution in [0.1, 0.15) is 43.2 Å². The molecule has 1 aromatic heterocycles. The summed E-state index contributed by atoms with van der Waals surface area (Å²) in [5.74, 6) is 0.924. The molecule has 3 heterocycles. The molecule has 1 spiro atoms. The maximum atomic E-state index is 13.0. The number of carbonyl (C=O) groups excluding carboxylic acids is 1. The van der Waals surface area contributed by atoms with Crippen molar-refractivity contribution in [3.05, 3.63) is 59.8 Å². The van der Waals surface area contributed by atoms with E-state index < -0.39 is 0 Å². The normalized spacial score (nSPS) is 22.5. The smallest absolute Gasteiger partial charge is 0.230 e. The van der Waals surface area contributed by atoms with Gasteiger partial charge in [-0.3, -0.25) is 9.69 Å². The highest BCUT2D eigenvalue weighted by atomic mass is 16.2. The highest BCUT2D eigenvalue weighted by molar-refractivity contribution is 5.84. The predicted octanol–water partition coefficient (Wildman–Crippen LogP) is 3.28. The molecule has 2 saturated heterocycles. The molecule has 148 valence electrons. The van der Waals surface area contributed by atoms with Gasteiger partial charge in [0.15, 0.2) is 0 Å². The van der Waals surface area contributed by atoms with Crippen LogP contribution in [-0.2, 0) is 11.3 Å². The summed E-state index contributed by atoms with van der Waals surface area (Å²) in [6, 6.07) is 14.3. The Morgan fingerprint density at radius 2 is 1.89 bits per heavy atom. The second kappa shape index (κ2) is 7.92. The molecule has 5 heteroatoms. The first kappa shape index (κ1) is 18.9. The molecule has 4 rings (SSSR count). The average molecular weight is 379 g/mol. The minimum atomic E-state index is -0.00424. The molecule has 0 unspecified atom stereocenters. The highest BCUT2D eigenvalue weighted by Gasteiger charge is 2.45. The van der Waals surface area contributed by atoms with Gasteiger partial charge >= 0.3 is 0 Å². The molecular formula is C23H30N4O. The highest BCUT2D eigenvalue weighted by Crippen LogP contribution is 2.45. The minimum Gasteiger partial charge on any atom is -0.383 e. The summed E-state index contributed by atoms with van der Waals surface area (Å²) in [6.45, 7) is 6.73.